The van der Waals surface area contributed by atoms with Crippen LogP contribution >= 0.6 is 0 Å². The van der Waals surface area contributed by atoms with Crippen molar-refractivity contribution in [3.63, 3.8) is 0 Å². The first-order chi connectivity index (χ1) is 16.7. The van der Waals surface area contributed by atoms with Crippen molar-refractivity contribution in [3.05, 3.63) is 53.3 Å². The summed E-state index contributed by atoms with van der Waals surface area (Å²) in [4.78, 5) is 25.3. The third-order valence-corrected chi connectivity index (χ3v) is 6.83. The number of H-pyrrole nitrogens is 1. The van der Waals surface area contributed by atoms with Gasteiger partial charge in [0.25, 0.3) is 0 Å². The van der Waals surface area contributed by atoms with Crippen LogP contribution in [0.25, 0.3) is 11.0 Å². The number of carbonyl (C=O) groups excluding carboxylic acids is 1. The van der Waals surface area contributed by atoms with E-state index in [9.17, 15) is 4.79 Å². The number of morpholine rings is 1. The fourth-order valence-electron chi connectivity index (χ4n) is 5.13. The Balaban J connectivity index is 1.48. The lowest BCUT2D eigenvalue weighted by Crippen LogP contribution is -2.51. The molecular formula is C26H32N4O4. The number of fused-ring (bicyclic) bond motifs is 2. The molecule has 0 bridgehead atoms. The fourth-order valence-corrected chi connectivity index (χ4v) is 5.13. The average Bonchev–Trinajstić information content (AvgIpc) is 3.30. The van der Waals surface area contributed by atoms with Crippen LogP contribution in [0.2, 0.25) is 0 Å². The number of urea groups is 1. The highest BCUT2D eigenvalue weighted by molar-refractivity contribution is 5.79. The second kappa shape index (κ2) is 9.93. The number of methoxy groups -OCH3 is 1. The van der Waals surface area contributed by atoms with E-state index in [1.807, 2.05) is 29.0 Å². The van der Waals surface area contributed by atoms with Gasteiger partial charge in [0.05, 0.1) is 33.0 Å². The minimum absolute atomic E-state index is 0.0502. The van der Waals surface area contributed by atoms with E-state index in [1.165, 1.54) is 11.1 Å². The first-order valence-electron chi connectivity index (χ1n) is 12.1. The molecule has 34 heavy (non-hydrogen) atoms. The van der Waals surface area contributed by atoms with E-state index < -0.39 is 0 Å². The fraction of sp³-hybridized carbons (Fsp3) is 0.462. The molecule has 1 aromatic carbocycles. The Bertz CT molecular complexity index is 1150. The second-order valence-corrected chi connectivity index (χ2v) is 8.73. The highest BCUT2D eigenvalue weighted by Crippen LogP contribution is 2.40. The van der Waals surface area contributed by atoms with Crippen molar-refractivity contribution in [2.45, 2.75) is 32.2 Å². The van der Waals surface area contributed by atoms with Gasteiger partial charge in [0.1, 0.15) is 5.65 Å². The average molecular weight is 465 g/mol. The van der Waals surface area contributed by atoms with Crippen molar-refractivity contribution in [3.8, 4) is 11.5 Å². The number of rotatable bonds is 6. The first-order valence-corrected chi connectivity index (χ1v) is 12.1. The van der Waals surface area contributed by atoms with Gasteiger partial charge in [-0.15, -0.1) is 0 Å². The Labute approximate surface area is 199 Å². The Morgan fingerprint density at radius 3 is 2.88 bits per heavy atom. The second-order valence-electron chi connectivity index (χ2n) is 8.73. The number of aromatic amines is 1. The molecule has 1 saturated heterocycles. The summed E-state index contributed by atoms with van der Waals surface area (Å²) in [6, 6.07) is 8.26. The van der Waals surface area contributed by atoms with E-state index in [2.05, 4.69) is 28.2 Å². The monoisotopic (exact) mass is 464 g/mol. The smallest absolute Gasteiger partial charge is 0.320 e. The molecule has 4 heterocycles. The molecular weight excluding hydrogens is 432 g/mol. The molecule has 2 aliphatic rings. The van der Waals surface area contributed by atoms with E-state index in [4.69, 9.17) is 14.2 Å². The van der Waals surface area contributed by atoms with Gasteiger partial charge in [0.15, 0.2) is 11.5 Å². The SMILES string of the molecule is CCOc1cc2c(cc1OC)CCN(C(=O)N1CCOCC1)C2CCc1c[nH]c2ncccc12. The van der Waals surface area contributed by atoms with E-state index in [0.29, 0.717) is 39.5 Å². The van der Waals surface area contributed by atoms with Crippen molar-refractivity contribution in [1.29, 1.82) is 0 Å². The molecule has 8 nitrogen and oxygen atoms in total. The van der Waals surface area contributed by atoms with Crippen LogP contribution in [0.5, 0.6) is 11.5 Å². The predicted molar refractivity (Wildman–Crippen MR) is 130 cm³/mol. The van der Waals surface area contributed by atoms with Crippen molar-refractivity contribution in [2.75, 3.05) is 46.6 Å². The van der Waals surface area contributed by atoms with Gasteiger partial charge in [-0.25, -0.2) is 9.78 Å². The van der Waals surface area contributed by atoms with Crippen molar-refractivity contribution in [1.82, 2.24) is 19.8 Å². The van der Waals surface area contributed by atoms with Gasteiger partial charge in [0, 0.05) is 37.4 Å². The molecule has 8 heteroatoms. The Morgan fingerprint density at radius 1 is 1.24 bits per heavy atom. The van der Waals surface area contributed by atoms with Crippen molar-refractivity contribution >= 4 is 17.1 Å². The highest BCUT2D eigenvalue weighted by Gasteiger charge is 2.34. The van der Waals surface area contributed by atoms with E-state index in [-0.39, 0.29) is 12.1 Å². The minimum Gasteiger partial charge on any atom is -0.493 e. The van der Waals surface area contributed by atoms with Crippen LogP contribution in [0.15, 0.2) is 36.7 Å². The molecule has 0 saturated carbocycles. The van der Waals surface area contributed by atoms with Gasteiger partial charge in [-0.05, 0) is 67.1 Å². The Kier molecular flexibility index (Phi) is 6.58. The summed E-state index contributed by atoms with van der Waals surface area (Å²) in [6.45, 7) is 5.66. The number of aryl methyl sites for hydroxylation is 1. The van der Waals surface area contributed by atoms with Crippen molar-refractivity contribution in [2.24, 2.45) is 0 Å². The standard InChI is InChI=1S/C26H32N4O4/c1-3-34-24-16-21-18(15-23(24)32-2)8-10-30(26(31)29-11-13-33-14-12-29)22(21)7-6-19-17-28-25-20(19)5-4-9-27-25/h4-5,9,15-17,22H,3,6-8,10-14H2,1-2H3,(H,27,28). The summed E-state index contributed by atoms with van der Waals surface area (Å²) >= 11 is 0. The third-order valence-electron chi connectivity index (χ3n) is 6.83. The zero-order chi connectivity index (χ0) is 23.5. The molecule has 1 atom stereocenters. The molecule has 0 aliphatic carbocycles. The maximum atomic E-state index is 13.6. The van der Waals surface area contributed by atoms with Crippen molar-refractivity contribution < 1.29 is 19.0 Å². The molecule has 1 unspecified atom stereocenters. The quantitative estimate of drug-likeness (QED) is 0.598. The Morgan fingerprint density at radius 2 is 2.09 bits per heavy atom. The number of carbonyl (C=O) groups is 1. The highest BCUT2D eigenvalue weighted by atomic mass is 16.5. The summed E-state index contributed by atoms with van der Waals surface area (Å²) in [7, 11) is 1.67. The molecule has 0 spiro atoms. The zero-order valence-electron chi connectivity index (χ0n) is 19.9. The summed E-state index contributed by atoms with van der Waals surface area (Å²) in [5.74, 6) is 1.47. The van der Waals surface area contributed by atoms with E-state index in [1.54, 1.807) is 13.3 Å². The van der Waals surface area contributed by atoms with Crippen LogP contribution < -0.4 is 9.47 Å². The summed E-state index contributed by atoms with van der Waals surface area (Å²) in [5, 5.41) is 1.13. The molecule has 1 N–H and O–H groups in total. The first kappa shape index (κ1) is 22.5. The van der Waals surface area contributed by atoms with E-state index >= 15 is 0 Å². The summed E-state index contributed by atoms with van der Waals surface area (Å²) in [6.07, 6.45) is 6.27. The molecule has 2 aliphatic heterocycles. The maximum absolute atomic E-state index is 13.6. The topological polar surface area (TPSA) is 79.9 Å². The molecule has 0 radical (unpaired) electrons. The molecule has 1 fully saturated rings. The van der Waals surface area contributed by atoms with Gasteiger partial charge in [-0.3, -0.25) is 0 Å². The van der Waals surface area contributed by atoms with Crippen LogP contribution in [0, 0.1) is 0 Å². The lowest BCUT2D eigenvalue weighted by atomic mass is 9.88. The number of aromatic nitrogens is 2. The third kappa shape index (κ3) is 4.30. The normalized spacial score (nSPS) is 18.1. The van der Waals surface area contributed by atoms with Crippen LogP contribution in [0.1, 0.15) is 36.1 Å². The summed E-state index contributed by atoms with van der Waals surface area (Å²) in [5.41, 5.74) is 4.48. The van der Waals surface area contributed by atoms with Crippen LogP contribution in [0.3, 0.4) is 0 Å². The lowest BCUT2D eigenvalue weighted by Gasteiger charge is -2.41. The number of hydrogen-bond donors (Lipinski definition) is 1. The number of nitrogens with one attached hydrogen (secondary N) is 1. The zero-order valence-corrected chi connectivity index (χ0v) is 19.9. The van der Waals surface area contributed by atoms with Crippen LogP contribution in [-0.4, -0.2) is 72.4 Å². The number of nitrogens with zero attached hydrogens (tertiary/aromatic N) is 3. The number of amides is 2. The molecule has 3 aromatic rings. The maximum Gasteiger partial charge on any atom is 0.320 e. The molecule has 180 valence electrons. The van der Waals surface area contributed by atoms with Gasteiger partial charge in [0.2, 0.25) is 0 Å². The molecule has 2 aromatic heterocycles. The Hall–Kier alpha value is -3.26. The molecule has 5 rings (SSSR count). The van der Waals surface area contributed by atoms with Crippen LogP contribution in [-0.2, 0) is 17.6 Å². The number of hydrogen-bond acceptors (Lipinski definition) is 5. The number of benzene rings is 1. The van der Waals surface area contributed by atoms with Gasteiger partial charge in [-0.2, -0.15) is 0 Å². The summed E-state index contributed by atoms with van der Waals surface area (Å²) < 4.78 is 17.0. The predicted octanol–water partition coefficient (Wildman–Crippen LogP) is 3.95. The van der Waals surface area contributed by atoms with Gasteiger partial charge >= 0.3 is 6.03 Å². The molecule has 2 amide bonds. The van der Waals surface area contributed by atoms with Gasteiger partial charge in [-0.1, -0.05) is 0 Å². The largest absolute Gasteiger partial charge is 0.493 e. The minimum atomic E-state index is -0.0502. The lowest BCUT2D eigenvalue weighted by molar-refractivity contribution is 0.0376. The van der Waals surface area contributed by atoms with Crippen LogP contribution in [0.4, 0.5) is 4.79 Å². The van der Waals surface area contributed by atoms with Gasteiger partial charge < -0.3 is 29.0 Å². The number of ether oxygens (including phenoxy) is 3. The number of pyridine rings is 1. The van der Waals surface area contributed by atoms with E-state index in [0.717, 1.165) is 47.4 Å².